The number of carbonyl (C=O) groups is 1. The summed E-state index contributed by atoms with van der Waals surface area (Å²) in [5, 5.41) is 10.3. The van der Waals surface area contributed by atoms with Crippen molar-refractivity contribution in [2.24, 2.45) is 0 Å². The first-order chi connectivity index (χ1) is 14.1. The molecule has 2 aliphatic rings. The van der Waals surface area contributed by atoms with Crippen molar-refractivity contribution in [1.82, 2.24) is 9.80 Å². The lowest BCUT2D eigenvalue weighted by molar-refractivity contribution is -0.128. The largest absolute Gasteiger partial charge is 0.492 e. The second-order valence-corrected chi connectivity index (χ2v) is 8.42. The van der Waals surface area contributed by atoms with Gasteiger partial charge < -0.3 is 19.5 Å². The predicted molar refractivity (Wildman–Crippen MR) is 113 cm³/mol. The molecule has 1 heterocycles. The maximum Gasteiger partial charge on any atom is 0.222 e. The van der Waals surface area contributed by atoms with Gasteiger partial charge in [0.1, 0.15) is 12.4 Å². The molecule has 2 fully saturated rings. The van der Waals surface area contributed by atoms with E-state index in [4.69, 9.17) is 9.47 Å². The average Bonchev–Trinajstić information content (AvgIpc) is 3.13. The number of aliphatic hydroxyl groups is 1. The number of hydrogen-bond donors (Lipinski definition) is 1. The van der Waals surface area contributed by atoms with Crippen LogP contribution in [0, 0.1) is 0 Å². The van der Waals surface area contributed by atoms with Gasteiger partial charge in [0, 0.05) is 26.1 Å². The van der Waals surface area contributed by atoms with Gasteiger partial charge in [0.15, 0.2) is 0 Å². The summed E-state index contributed by atoms with van der Waals surface area (Å²) >= 11 is 0. The Morgan fingerprint density at radius 1 is 1.17 bits per heavy atom. The SMILES string of the molecule is CN(Cc1ccc(OCCN2CCCC2=O)cc1)C[C@H](O)COC1CCCCC1. The van der Waals surface area contributed by atoms with E-state index in [1.165, 1.54) is 24.8 Å². The van der Waals surface area contributed by atoms with Crippen LogP contribution < -0.4 is 4.74 Å². The zero-order valence-electron chi connectivity index (χ0n) is 17.7. The third kappa shape index (κ3) is 7.61. The fourth-order valence-electron chi connectivity index (χ4n) is 4.17. The number of carbonyl (C=O) groups excluding carboxylic acids is 1. The Morgan fingerprint density at radius 2 is 1.93 bits per heavy atom. The molecule has 0 unspecified atom stereocenters. The Balaban J connectivity index is 1.32. The van der Waals surface area contributed by atoms with Gasteiger partial charge in [-0.2, -0.15) is 0 Å². The van der Waals surface area contributed by atoms with Crippen molar-refractivity contribution in [3.05, 3.63) is 29.8 Å². The van der Waals surface area contributed by atoms with Gasteiger partial charge in [-0.25, -0.2) is 0 Å². The molecule has 1 N–H and O–H groups in total. The van der Waals surface area contributed by atoms with Crippen molar-refractivity contribution in [2.75, 3.05) is 39.9 Å². The lowest BCUT2D eigenvalue weighted by atomic mass is 9.98. The van der Waals surface area contributed by atoms with E-state index < -0.39 is 6.10 Å². The summed E-state index contributed by atoms with van der Waals surface area (Å²) in [7, 11) is 2.02. The average molecular weight is 405 g/mol. The number of rotatable bonds is 11. The molecule has 29 heavy (non-hydrogen) atoms. The molecule has 6 heteroatoms. The monoisotopic (exact) mass is 404 g/mol. The lowest BCUT2D eigenvalue weighted by Crippen LogP contribution is -2.33. The van der Waals surface area contributed by atoms with Gasteiger partial charge in [0.05, 0.1) is 25.4 Å². The van der Waals surface area contributed by atoms with Gasteiger partial charge in [-0.3, -0.25) is 9.69 Å². The minimum atomic E-state index is -0.460. The third-order valence-electron chi connectivity index (χ3n) is 5.78. The van der Waals surface area contributed by atoms with E-state index in [0.717, 1.165) is 38.1 Å². The smallest absolute Gasteiger partial charge is 0.222 e. The van der Waals surface area contributed by atoms with E-state index >= 15 is 0 Å². The van der Waals surface area contributed by atoms with Gasteiger partial charge in [-0.1, -0.05) is 31.4 Å². The Morgan fingerprint density at radius 3 is 2.62 bits per heavy atom. The molecule has 1 saturated heterocycles. The summed E-state index contributed by atoms with van der Waals surface area (Å²) in [5.74, 6) is 1.06. The molecule has 1 aliphatic carbocycles. The van der Waals surface area contributed by atoms with Crippen LogP contribution in [0.1, 0.15) is 50.5 Å². The van der Waals surface area contributed by atoms with Gasteiger partial charge >= 0.3 is 0 Å². The molecule has 6 nitrogen and oxygen atoms in total. The lowest BCUT2D eigenvalue weighted by Gasteiger charge is -2.25. The Hall–Kier alpha value is -1.63. The van der Waals surface area contributed by atoms with Gasteiger partial charge in [0.25, 0.3) is 0 Å². The van der Waals surface area contributed by atoms with Crippen LogP contribution in [-0.4, -0.2) is 72.9 Å². The van der Waals surface area contributed by atoms with Crippen LogP contribution in [0.15, 0.2) is 24.3 Å². The van der Waals surface area contributed by atoms with Crippen molar-refractivity contribution in [3.63, 3.8) is 0 Å². The highest BCUT2D eigenvalue weighted by atomic mass is 16.5. The van der Waals surface area contributed by atoms with Gasteiger partial charge in [-0.15, -0.1) is 0 Å². The van der Waals surface area contributed by atoms with E-state index in [0.29, 0.717) is 38.8 Å². The van der Waals surface area contributed by atoms with Crippen molar-refractivity contribution in [1.29, 1.82) is 0 Å². The van der Waals surface area contributed by atoms with Gasteiger partial charge in [0.2, 0.25) is 5.91 Å². The van der Waals surface area contributed by atoms with Crippen LogP contribution in [0.25, 0.3) is 0 Å². The first-order valence-corrected chi connectivity index (χ1v) is 11.1. The fraction of sp³-hybridized carbons (Fsp3) is 0.696. The minimum absolute atomic E-state index is 0.235. The van der Waals surface area contributed by atoms with Crippen LogP contribution in [-0.2, 0) is 16.1 Å². The topological polar surface area (TPSA) is 62.2 Å². The van der Waals surface area contributed by atoms with Crippen molar-refractivity contribution in [2.45, 2.75) is 63.7 Å². The number of nitrogens with zero attached hydrogens (tertiary/aromatic N) is 2. The summed E-state index contributed by atoms with van der Waals surface area (Å²) in [5.41, 5.74) is 1.18. The standard InChI is InChI=1S/C23H36N2O4/c1-24(17-20(26)18-29-21-6-3-2-4-7-21)16-19-9-11-22(12-10-19)28-15-14-25-13-5-8-23(25)27/h9-12,20-21,26H,2-8,13-18H2,1H3/t20-/m0/s1. The summed E-state index contributed by atoms with van der Waals surface area (Å²) < 4.78 is 11.6. The van der Waals surface area contributed by atoms with E-state index in [1.807, 2.05) is 24.1 Å². The van der Waals surface area contributed by atoms with Crippen LogP contribution >= 0.6 is 0 Å². The predicted octanol–water partition coefficient (Wildman–Crippen LogP) is 2.83. The maximum absolute atomic E-state index is 11.6. The molecule has 3 rings (SSSR count). The van der Waals surface area contributed by atoms with Gasteiger partial charge in [-0.05, 0) is 44.0 Å². The molecule has 1 aromatic rings. The second-order valence-electron chi connectivity index (χ2n) is 8.42. The van der Waals surface area contributed by atoms with Crippen LogP contribution in [0.4, 0.5) is 0 Å². The van der Waals surface area contributed by atoms with E-state index in [-0.39, 0.29) is 5.91 Å². The number of aliphatic hydroxyl groups excluding tert-OH is 1. The van der Waals surface area contributed by atoms with Crippen molar-refractivity contribution >= 4 is 5.91 Å². The quantitative estimate of drug-likeness (QED) is 0.615. The molecule has 1 aliphatic heterocycles. The van der Waals surface area contributed by atoms with E-state index in [1.54, 1.807) is 0 Å². The molecule has 1 atom stereocenters. The molecular weight excluding hydrogens is 368 g/mol. The number of benzene rings is 1. The molecule has 1 saturated carbocycles. The molecule has 0 bridgehead atoms. The van der Waals surface area contributed by atoms with E-state index in [9.17, 15) is 9.90 Å². The number of hydrogen-bond acceptors (Lipinski definition) is 5. The Bertz CT molecular complexity index is 616. The Labute approximate surface area is 174 Å². The van der Waals surface area contributed by atoms with Crippen molar-refractivity contribution < 1.29 is 19.4 Å². The molecule has 1 amide bonds. The number of ether oxygens (including phenoxy) is 2. The summed E-state index contributed by atoms with van der Waals surface area (Å²) in [6.07, 6.45) is 7.57. The van der Waals surface area contributed by atoms with Crippen LogP contribution in [0.2, 0.25) is 0 Å². The number of amides is 1. The van der Waals surface area contributed by atoms with Crippen LogP contribution in [0.5, 0.6) is 5.75 Å². The van der Waals surface area contributed by atoms with E-state index in [2.05, 4.69) is 17.0 Å². The number of likely N-dealkylation sites (tertiary alicyclic amines) is 1. The molecule has 0 aromatic heterocycles. The minimum Gasteiger partial charge on any atom is -0.492 e. The fourth-order valence-corrected chi connectivity index (χ4v) is 4.17. The molecule has 1 aromatic carbocycles. The first kappa shape index (κ1) is 22.1. The highest BCUT2D eigenvalue weighted by molar-refractivity contribution is 5.78. The highest BCUT2D eigenvalue weighted by Crippen LogP contribution is 2.20. The number of likely N-dealkylation sites (N-methyl/N-ethyl adjacent to an activating group) is 1. The van der Waals surface area contributed by atoms with Crippen LogP contribution in [0.3, 0.4) is 0 Å². The van der Waals surface area contributed by atoms with Crippen molar-refractivity contribution in [3.8, 4) is 5.75 Å². The summed E-state index contributed by atoms with van der Waals surface area (Å²) in [6, 6.07) is 8.05. The molecule has 0 radical (unpaired) electrons. The summed E-state index contributed by atoms with van der Waals surface area (Å²) in [4.78, 5) is 15.6. The Kier molecular flexibility index (Phi) is 8.77. The second kappa shape index (κ2) is 11.5. The zero-order chi connectivity index (χ0) is 20.5. The first-order valence-electron chi connectivity index (χ1n) is 11.1. The molecule has 0 spiro atoms. The highest BCUT2D eigenvalue weighted by Gasteiger charge is 2.19. The third-order valence-corrected chi connectivity index (χ3v) is 5.78. The molecular formula is C23H36N2O4. The summed E-state index contributed by atoms with van der Waals surface area (Å²) in [6.45, 7) is 3.81. The zero-order valence-corrected chi connectivity index (χ0v) is 17.7. The molecule has 162 valence electrons. The maximum atomic E-state index is 11.6. The normalized spacial score (nSPS) is 19.1.